The van der Waals surface area contributed by atoms with E-state index < -0.39 is 11.7 Å². The number of aromatic amines is 1. The fraction of sp³-hybridized carbons (Fsp3) is 0.368. The van der Waals surface area contributed by atoms with E-state index in [1.807, 2.05) is 24.6 Å². The van der Waals surface area contributed by atoms with Gasteiger partial charge in [-0.05, 0) is 56.0 Å². The van der Waals surface area contributed by atoms with E-state index in [2.05, 4.69) is 41.3 Å². The smallest absolute Gasteiger partial charge is 0.238 e. The Balaban J connectivity index is 2.04. The topological polar surface area (TPSA) is 32.6 Å². The molecule has 0 unspecified atom stereocenters. The molecule has 1 N–H and O–H groups in total. The second kappa shape index (κ2) is 7.75. The molecule has 0 bridgehead atoms. The number of imidazole rings is 1. The highest BCUT2D eigenvalue weighted by Crippen LogP contribution is 2.31. The van der Waals surface area contributed by atoms with E-state index in [-0.39, 0.29) is 4.58 Å². The van der Waals surface area contributed by atoms with Crippen molar-refractivity contribution in [2.24, 2.45) is 0 Å². The lowest BCUT2D eigenvalue weighted by atomic mass is 10.1. The average Bonchev–Trinajstić information content (AvgIpc) is 2.98. The SMILES string of the molecule is Cc1cc(C)c(CCCC(S)S)[n+](-c2nc3ccc(C(F)(F)F)cc3[nH]2)c1. The predicted octanol–water partition coefficient (Wildman–Crippen LogP) is 4.98. The van der Waals surface area contributed by atoms with Crippen molar-refractivity contribution in [3.05, 3.63) is 52.8 Å². The van der Waals surface area contributed by atoms with Crippen LogP contribution in [0.15, 0.2) is 30.5 Å². The minimum atomic E-state index is -4.38. The van der Waals surface area contributed by atoms with E-state index >= 15 is 0 Å². The molecule has 2 heterocycles. The highest BCUT2D eigenvalue weighted by Gasteiger charge is 2.31. The third-order valence-electron chi connectivity index (χ3n) is 4.42. The van der Waals surface area contributed by atoms with Crippen molar-refractivity contribution in [3.8, 4) is 5.95 Å². The van der Waals surface area contributed by atoms with Gasteiger partial charge in [-0.25, -0.2) is 9.55 Å². The normalized spacial score (nSPS) is 12.3. The molecular formula is C19H21F3N3S2+. The van der Waals surface area contributed by atoms with Gasteiger partial charge < -0.3 is 0 Å². The molecule has 0 saturated carbocycles. The first-order valence-corrected chi connectivity index (χ1v) is 9.63. The van der Waals surface area contributed by atoms with Gasteiger partial charge in [0.25, 0.3) is 0 Å². The quantitative estimate of drug-likeness (QED) is 0.308. The zero-order chi connectivity index (χ0) is 19.8. The van der Waals surface area contributed by atoms with Gasteiger partial charge in [0.05, 0.1) is 17.5 Å². The van der Waals surface area contributed by atoms with Crippen LogP contribution in [0.25, 0.3) is 17.0 Å². The van der Waals surface area contributed by atoms with Gasteiger partial charge in [-0.1, -0.05) is 11.1 Å². The van der Waals surface area contributed by atoms with Crippen molar-refractivity contribution in [3.63, 3.8) is 0 Å². The summed E-state index contributed by atoms with van der Waals surface area (Å²) in [5.41, 5.74) is 3.40. The van der Waals surface area contributed by atoms with Crippen molar-refractivity contribution >= 4 is 36.3 Å². The van der Waals surface area contributed by atoms with Gasteiger partial charge in [-0.2, -0.15) is 38.4 Å². The second-order valence-corrected chi connectivity index (χ2v) is 8.33. The number of aryl methyl sites for hydroxylation is 2. The molecule has 0 atom stereocenters. The second-order valence-electron chi connectivity index (χ2n) is 6.68. The number of aromatic nitrogens is 3. The number of rotatable bonds is 5. The van der Waals surface area contributed by atoms with E-state index in [9.17, 15) is 13.2 Å². The Hall–Kier alpha value is -1.67. The Morgan fingerprint density at radius 3 is 2.59 bits per heavy atom. The number of hydrogen-bond donors (Lipinski definition) is 3. The first kappa shape index (κ1) is 20.1. The fourth-order valence-corrected chi connectivity index (χ4v) is 3.54. The Morgan fingerprint density at radius 2 is 1.93 bits per heavy atom. The van der Waals surface area contributed by atoms with Crippen molar-refractivity contribution in [2.75, 3.05) is 0 Å². The van der Waals surface area contributed by atoms with Crippen molar-refractivity contribution in [1.82, 2.24) is 9.97 Å². The summed E-state index contributed by atoms with van der Waals surface area (Å²) in [5.74, 6) is 0.513. The summed E-state index contributed by atoms with van der Waals surface area (Å²) >= 11 is 8.59. The minimum absolute atomic E-state index is 0.0243. The number of pyridine rings is 1. The van der Waals surface area contributed by atoms with Crippen molar-refractivity contribution < 1.29 is 17.7 Å². The van der Waals surface area contributed by atoms with Gasteiger partial charge in [-0.3, -0.25) is 0 Å². The van der Waals surface area contributed by atoms with Crippen LogP contribution in [-0.4, -0.2) is 14.5 Å². The lowest BCUT2D eigenvalue weighted by molar-refractivity contribution is -0.612. The summed E-state index contributed by atoms with van der Waals surface area (Å²) in [6.45, 7) is 4.01. The molecule has 0 saturated heterocycles. The van der Waals surface area contributed by atoms with Crippen LogP contribution >= 0.6 is 25.3 Å². The number of nitrogens with zero attached hydrogens (tertiary/aromatic N) is 2. The van der Waals surface area contributed by atoms with E-state index in [1.54, 1.807) is 0 Å². The van der Waals surface area contributed by atoms with Crippen molar-refractivity contribution in [2.45, 2.75) is 43.9 Å². The fourth-order valence-electron chi connectivity index (χ4n) is 3.18. The van der Waals surface area contributed by atoms with Crippen LogP contribution in [0.4, 0.5) is 13.2 Å². The molecule has 27 heavy (non-hydrogen) atoms. The summed E-state index contributed by atoms with van der Waals surface area (Å²) in [6.07, 6.45) is 0.126. The lowest BCUT2D eigenvalue weighted by Crippen LogP contribution is -2.38. The molecule has 0 radical (unpaired) electrons. The van der Waals surface area contributed by atoms with Crippen molar-refractivity contribution in [1.29, 1.82) is 0 Å². The highest BCUT2D eigenvalue weighted by molar-refractivity contribution is 7.99. The van der Waals surface area contributed by atoms with Gasteiger partial charge >= 0.3 is 12.1 Å². The third-order valence-corrected chi connectivity index (χ3v) is 4.94. The number of benzene rings is 1. The first-order valence-electron chi connectivity index (χ1n) is 8.60. The molecule has 0 fully saturated rings. The molecule has 0 amide bonds. The van der Waals surface area contributed by atoms with E-state index in [0.29, 0.717) is 17.0 Å². The minimum Gasteiger partial charge on any atom is -0.238 e. The Labute approximate surface area is 166 Å². The monoisotopic (exact) mass is 412 g/mol. The number of H-pyrrole nitrogens is 1. The number of halogens is 3. The van der Waals surface area contributed by atoms with E-state index in [1.165, 1.54) is 6.07 Å². The Kier molecular flexibility index (Phi) is 5.76. The summed E-state index contributed by atoms with van der Waals surface area (Å²) in [4.78, 5) is 7.54. The Morgan fingerprint density at radius 1 is 1.19 bits per heavy atom. The van der Waals surface area contributed by atoms with E-state index in [4.69, 9.17) is 0 Å². The van der Waals surface area contributed by atoms with Crippen LogP contribution < -0.4 is 4.57 Å². The number of hydrogen-bond acceptors (Lipinski definition) is 3. The zero-order valence-electron chi connectivity index (χ0n) is 15.0. The first-order chi connectivity index (χ1) is 12.6. The average molecular weight is 413 g/mol. The van der Waals surface area contributed by atoms with Crippen LogP contribution in [0.5, 0.6) is 0 Å². The number of nitrogens with one attached hydrogen (secondary N) is 1. The summed E-state index contributed by atoms with van der Waals surface area (Å²) in [7, 11) is 0. The standard InChI is InChI=1S/C19H20F3N3S2/c1-11-8-12(2)16(4-3-5-17(26)27)25(10-11)18-23-14-7-6-13(19(20,21)22)9-15(14)24-18/h6-10,17H,3-5H2,1-2H3,(H2-,23,24,26,27)/p+1. The molecular weight excluding hydrogens is 391 g/mol. The molecule has 0 aliphatic carbocycles. The molecule has 0 spiro atoms. The van der Waals surface area contributed by atoms with Crippen LogP contribution in [0.3, 0.4) is 0 Å². The molecule has 2 aromatic heterocycles. The maximum absolute atomic E-state index is 13.0. The van der Waals surface area contributed by atoms with Crippen LogP contribution in [0, 0.1) is 13.8 Å². The maximum Gasteiger partial charge on any atom is 0.416 e. The number of alkyl halides is 3. The largest absolute Gasteiger partial charge is 0.416 e. The van der Waals surface area contributed by atoms with Gasteiger partial charge in [0.2, 0.25) is 0 Å². The number of thiol groups is 2. The summed E-state index contributed by atoms with van der Waals surface area (Å²) < 4.78 is 40.9. The van der Waals surface area contributed by atoms with Crippen LogP contribution in [0.1, 0.15) is 35.2 Å². The lowest BCUT2D eigenvalue weighted by Gasteiger charge is -2.11. The third kappa shape index (κ3) is 4.60. The molecule has 3 nitrogen and oxygen atoms in total. The molecule has 3 aromatic rings. The van der Waals surface area contributed by atoms with Gasteiger partial charge in [-0.15, -0.1) is 0 Å². The van der Waals surface area contributed by atoms with Gasteiger partial charge in [0.1, 0.15) is 5.52 Å². The number of fused-ring (bicyclic) bond motifs is 1. The van der Waals surface area contributed by atoms with Crippen LogP contribution in [0.2, 0.25) is 0 Å². The zero-order valence-corrected chi connectivity index (χ0v) is 16.8. The van der Waals surface area contributed by atoms with Crippen LogP contribution in [-0.2, 0) is 12.6 Å². The Bertz CT molecular complexity index is 965. The maximum atomic E-state index is 13.0. The van der Waals surface area contributed by atoms with E-state index in [0.717, 1.165) is 48.2 Å². The molecule has 3 rings (SSSR count). The molecule has 1 aromatic carbocycles. The van der Waals surface area contributed by atoms with Gasteiger partial charge in [0.15, 0.2) is 5.52 Å². The van der Waals surface area contributed by atoms with Gasteiger partial charge in [0, 0.05) is 11.0 Å². The highest BCUT2D eigenvalue weighted by atomic mass is 32.2. The summed E-state index contributed by atoms with van der Waals surface area (Å²) in [5, 5.41) is 0. The predicted molar refractivity (Wildman–Crippen MR) is 107 cm³/mol. The molecule has 0 aliphatic rings. The molecule has 8 heteroatoms. The molecule has 144 valence electrons. The molecule has 0 aliphatic heterocycles. The summed E-state index contributed by atoms with van der Waals surface area (Å²) in [6, 6.07) is 5.64.